The standard InChI is InChI=1S/C12H10FNO3/c1-6(13)3-9-7(2)17-12(16)10-4-8(5-15)14-11(9)10/h3-4,14-15H,1-2,5H2/b9-3+. The molecule has 0 saturated carbocycles. The molecule has 2 N–H and O–H groups in total. The van der Waals surface area contributed by atoms with Crippen LogP contribution in [0.2, 0.25) is 0 Å². The van der Waals surface area contributed by atoms with Gasteiger partial charge in [0.15, 0.2) is 0 Å². The van der Waals surface area contributed by atoms with E-state index in [0.717, 1.165) is 6.08 Å². The minimum absolute atomic E-state index is 0.0487. The van der Waals surface area contributed by atoms with Gasteiger partial charge in [-0.1, -0.05) is 13.2 Å². The van der Waals surface area contributed by atoms with E-state index in [1.165, 1.54) is 6.07 Å². The quantitative estimate of drug-likeness (QED) is 0.786. The lowest BCUT2D eigenvalue weighted by Crippen LogP contribution is -2.28. The van der Waals surface area contributed by atoms with Crippen molar-refractivity contribution in [3.63, 3.8) is 0 Å². The second-order valence-corrected chi connectivity index (χ2v) is 3.56. The highest BCUT2D eigenvalue weighted by atomic mass is 19.1. The van der Waals surface area contributed by atoms with Crippen molar-refractivity contribution in [1.29, 1.82) is 0 Å². The number of hydrogen-bond acceptors (Lipinski definition) is 3. The summed E-state index contributed by atoms with van der Waals surface area (Å²) in [4.78, 5) is 14.3. The molecule has 0 saturated heterocycles. The SMILES string of the molecule is C=C(F)/C=c1\c(=C)oc(=O)c2cc(CO)[nH]c12. The summed E-state index contributed by atoms with van der Waals surface area (Å²) in [5.41, 5.74) is 0.293. The molecule has 0 aliphatic rings. The first-order valence-corrected chi connectivity index (χ1v) is 4.83. The van der Waals surface area contributed by atoms with Crippen molar-refractivity contribution in [2.24, 2.45) is 0 Å². The van der Waals surface area contributed by atoms with Crippen LogP contribution in [0.15, 0.2) is 27.7 Å². The maximum absolute atomic E-state index is 12.8. The van der Waals surface area contributed by atoms with Gasteiger partial charge in [-0.3, -0.25) is 0 Å². The molecule has 0 aliphatic heterocycles. The fraction of sp³-hybridized carbons (Fsp3) is 0.0833. The van der Waals surface area contributed by atoms with E-state index in [4.69, 9.17) is 9.52 Å². The van der Waals surface area contributed by atoms with E-state index in [1.54, 1.807) is 0 Å². The maximum Gasteiger partial charge on any atom is 0.345 e. The number of allylic oxidation sites excluding steroid dienone is 1. The monoisotopic (exact) mass is 235 g/mol. The molecule has 4 nitrogen and oxygen atoms in total. The molecule has 0 radical (unpaired) electrons. The van der Waals surface area contributed by atoms with Gasteiger partial charge in [0.2, 0.25) is 0 Å². The largest absolute Gasteiger partial charge is 0.423 e. The number of H-pyrrole nitrogens is 1. The Morgan fingerprint density at radius 3 is 2.94 bits per heavy atom. The number of aromatic nitrogens is 1. The van der Waals surface area contributed by atoms with Crippen LogP contribution in [0.5, 0.6) is 0 Å². The van der Waals surface area contributed by atoms with E-state index < -0.39 is 11.5 Å². The molecule has 0 spiro atoms. The summed E-state index contributed by atoms with van der Waals surface area (Å²) >= 11 is 0. The Hall–Kier alpha value is -2.14. The van der Waals surface area contributed by atoms with Crippen molar-refractivity contribution in [2.75, 3.05) is 0 Å². The number of fused-ring (bicyclic) bond motifs is 1. The highest BCUT2D eigenvalue weighted by Crippen LogP contribution is 2.07. The first-order valence-electron chi connectivity index (χ1n) is 4.83. The number of halogens is 1. The highest BCUT2D eigenvalue weighted by molar-refractivity contribution is 5.80. The predicted octanol–water partition coefficient (Wildman–Crippen LogP) is 0.287. The van der Waals surface area contributed by atoms with Crippen molar-refractivity contribution >= 4 is 23.6 Å². The average molecular weight is 235 g/mol. The molecule has 0 aromatic carbocycles. The molecule has 2 aromatic rings. The topological polar surface area (TPSA) is 66.2 Å². The van der Waals surface area contributed by atoms with Gasteiger partial charge in [-0.15, -0.1) is 0 Å². The molecule has 0 amide bonds. The van der Waals surface area contributed by atoms with Gasteiger partial charge in [0.05, 0.1) is 17.5 Å². The second-order valence-electron chi connectivity index (χ2n) is 3.56. The number of rotatable bonds is 2. The van der Waals surface area contributed by atoms with Gasteiger partial charge in [0, 0.05) is 10.9 Å². The maximum atomic E-state index is 12.8. The fourth-order valence-corrected chi connectivity index (χ4v) is 1.64. The normalized spacial score (nSPS) is 12.2. The van der Waals surface area contributed by atoms with Crippen LogP contribution in [0.3, 0.4) is 0 Å². The Balaban J connectivity index is 3.02. The van der Waals surface area contributed by atoms with E-state index in [0.29, 0.717) is 16.4 Å². The third-order valence-corrected chi connectivity index (χ3v) is 2.35. The first-order chi connectivity index (χ1) is 8.02. The van der Waals surface area contributed by atoms with E-state index in [9.17, 15) is 9.18 Å². The summed E-state index contributed by atoms with van der Waals surface area (Å²) in [6, 6.07) is 1.46. The molecule has 0 atom stereocenters. The molecule has 0 unspecified atom stereocenters. The minimum atomic E-state index is -0.676. The highest BCUT2D eigenvalue weighted by Gasteiger charge is 2.07. The summed E-state index contributed by atoms with van der Waals surface area (Å²) in [7, 11) is 0. The van der Waals surface area contributed by atoms with Crippen molar-refractivity contribution in [3.8, 4) is 0 Å². The van der Waals surface area contributed by atoms with Crippen molar-refractivity contribution in [1.82, 2.24) is 4.98 Å². The van der Waals surface area contributed by atoms with Crippen molar-refractivity contribution in [2.45, 2.75) is 6.61 Å². The molecule has 2 aromatic heterocycles. The average Bonchev–Trinajstić information content (AvgIpc) is 2.68. The summed E-state index contributed by atoms with van der Waals surface area (Å²) in [5, 5.41) is 9.55. The predicted molar refractivity (Wildman–Crippen MR) is 62.2 cm³/mol. The Morgan fingerprint density at radius 1 is 1.65 bits per heavy atom. The zero-order chi connectivity index (χ0) is 12.6. The molecule has 0 bridgehead atoms. The molecule has 2 heterocycles. The summed E-state index contributed by atoms with van der Waals surface area (Å²) < 4.78 is 17.7. The van der Waals surface area contributed by atoms with Gasteiger partial charge in [-0.2, -0.15) is 0 Å². The molecule has 2 rings (SSSR count). The molecule has 17 heavy (non-hydrogen) atoms. The van der Waals surface area contributed by atoms with Gasteiger partial charge in [-0.25, -0.2) is 9.18 Å². The first kappa shape index (κ1) is 11.3. The molecular weight excluding hydrogens is 225 g/mol. The van der Waals surface area contributed by atoms with Crippen LogP contribution in [-0.4, -0.2) is 10.1 Å². The van der Waals surface area contributed by atoms with Gasteiger partial charge in [0.25, 0.3) is 0 Å². The third-order valence-electron chi connectivity index (χ3n) is 2.35. The summed E-state index contributed by atoms with van der Waals surface area (Å²) in [5.74, 6) is -0.676. The van der Waals surface area contributed by atoms with Gasteiger partial charge < -0.3 is 14.5 Å². The van der Waals surface area contributed by atoms with Crippen LogP contribution in [0.25, 0.3) is 23.6 Å². The molecular formula is C12H10FNO3. The summed E-state index contributed by atoms with van der Waals surface area (Å²) in [6.07, 6.45) is 1.12. The number of hydrogen-bond donors (Lipinski definition) is 2. The number of aliphatic hydroxyl groups is 1. The van der Waals surface area contributed by atoms with E-state index >= 15 is 0 Å². The molecule has 0 fully saturated rings. The van der Waals surface area contributed by atoms with E-state index in [-0.39, 0.29) is 17.4 Å². The van der Waals surface area contributed by atoms with Crippen molar-refractivity contribution < 1.29 is 13.9 Å². The van der Waals surface area contributed by atoms with Gasteiger partial charge in [-0.05, 0) is 12.1 Å². The van der Waals surface area contributed by atoms with E-state index in [1.807, 2.05) is 0 Å². The van der Waals surface area contributed by atoms with Crippen LogP contribution < -0.4 is 16.3 Å². The lowest BCUT2D eigenvalue weighted by atomic mass is 10.2. The van der Waals surface area contributed by atoms with Crippen LogP contribution >= 0.6 is 0 Å². The van der Waals surface area contributed by atoms with Crippen LogP contribution in [0.4, 0.5) is 4.39 Å². The number of aliphatic hydroxyl groups excluding tert-OH is 1. The zero-order valence-electron chi connectivity index (χ0n) is 8.92. The Bertz CT molecular complexity index is 754. The van der Waals surface area contributed by atoms with Gasteiger partial charge in [0.1, 0.15) is 11.2 Å². The smallest absolute Gasteiger partial charge is 0.345 e. The Labute approximate surface area is 95.0 Å². The minimum Gasteiger partial charge on any atom is -0.423 e. The number of aromatic amines is 1. The van der Waals surface area contributed by atoms with Crippen molar-refractivity contribution in [3.05, 3.63) is 45.2 Å². The second kappa shape index (κ2) is 4.03. The van der Waals surface area contributed by atoms with E-state index in [2.05, 4.69) is 18.1 Å². The van der Waals surface area contributed by atoms with Gasteiger partial charge >= 0.3 is 5.63 Å². The zero-order valence-corrected chi connectivity index (χ0v) is 8.92. The Kier molecular flexibility index (Phi) is 2.69. The molecule has 88 valence electrons. The molecule has 0 aliphatic carbocycles. The third kappa shape index (κ3) is 1.92. The lowest BCUT2D eigenvalue weighted by Gasteiger charge is -1.92. The lowest BCUT2D eigenvalue weighted by molar-refractivity contribution is 0.278. The molecule has 5 heteroatoms. The fourth-order valence-electron chi connectivity index (χ4n) is 1.64. The summed E-state index contributed by atoms with van der Waals surface area (Å²) in [6.45, 7) is 6.39. The van der Waals surface area contributed by atoms with Crippen LogP contribution in [-0.2, 0) is 6.61 Å². The number of nitrogens with one attached hydrogen (secondary N) is 1. The Morgan fingerprint density at radius 2 is 2.35 bits per heavy atom. The van der Waals surface area contributed by atoms with Crippen LogP contribution in [0, 0.1) is 0 Å². The van der Waals surface area contributed by atoms with Crippen LogP contribution in [0.1, 0.15) is 5.69 Å².